The van der Waals surface area contributed by atoms with Crippen molar-refractivity contribution in [2.45, 2.75) is 92.8 Å². The van der Waals surface area contributed by atoms with Gasteiger partial charge in [-0.15, -0.1) is 0 Å². The number of aryl methyl sites for hydroxylation is 1. The van der Waals surface area contributed by atoms with E-state index in [-0.39, 0.29) is 29.9 Å². The normalized spacial score (nSPS) is 18.7. The lowest BCUT2D eigenvalue weighted by molar-refractivity contribution is 0.162. The molecule has 4 heterocycles. The number of fused-ring (bicyclic) bond motifs is 5. The van der Waals surface area contributed by atoms with Gasteiger partial charge in [0.2, 0.25) is 0 Å². The van der Waals surface area contributed by atoms with Gasteiger partial charge in [0, 0.05) is 29.0 Å². The SMILES string of the molecule is C=C1OCc2c(cc3n(c2=O)Cc2c-3nc3cc(F)c(C)c4c3c2C(N)CC4)C1CC.CC.CC(C)C. The molecule has 0 spiro atoms. The van der Waals surface area contributed by atoms with E-state index in [0.29, 0.717) is 28.9 Å². The van der Waals surface area contributed by atoms with Crippen molar-refractivity contribution in [2.75, 3.05) is 0 Å². The highest BCUT2D eigenvalue weighted by atomic mass is 19.1. The third-order valence-corrected chi connectivity index (χ3v) is 7.39. The Labute approximate surface area is 219 Å². The van der Waals surface area contributed by atoms with Crippen molar-refractivity contribution < 1.29 is 9.13 Å². The lowest BCUT2D eigenvalue weighted by Crippen LogP contribution is -2.29. The summed E-state index contributed by atoms with van der Waals surface area (Å²) in [5.41, 5.74) is 14.1. The molecule has 0 bridgehead atoms. The van der Waals surface area contributed by atoms with E-state index < -0.39 is 0 Å². The van der Waals surface area contributed by atoms with Crippen molar-refractivity contribution in [1.29, 1.82) is 0 Å². The van der Waals surface area contributed by atoms with Crippen LogP contribution >= 0.6 is 0 Å². The summed E-state index contributed by atoms with van der Waals surface area (Å²) in [6.07, 6.45) is 2.31. The molecule has 3 aromatic rings. The summed E-state index contributed by atoms with van der Waals surface area (Å²) >= 11 is 0. The molecule has 1 aromatic carbocycles. The van der Waals surface area contributed by atoms with E-state index in [2.05, 4.69) is 40.3 Å². The third kappa shape index (κ3) is 4.39. The fourth-order valence-corrected chi connectivity index (χ4v) is 5.74. The maximum absolute atomic E-state index is 14.7. The zero-order valence-corrected chi connectivity index (χ0v) is 23.3. The second kappa shape index (κ2) is 10.4. The summed E-state index contributed by atoms with van der Waals surface area (Å²) in [4.78, 5) is 18.3. The quantitative estimate of drug-likeness (QED) is 0.301. The van der Waals surface area contributed by atoms with Gasteiger partial charge in [-0.05, 0) is 60.4 Å². The molecule has 1 aliphatic carbocycles. The van der Waals surface area contributed by atoms with Gasteiger partial charge in [0.1, 0.15) is 12.4 Å². The van der Waals surface area contributed by atoms with Gasteiger partial charge in [0.05, 0.1) is 34.8 Å². The summed E-state index contributed by atoms with van der Waals surface area (Å²) < 4.78 is 22.2. The molecule has 0 amide bonds. The highest BCUT2D eigenvalue weighted by Crippen LogP contribution is 2.45. The number of hydrogen-bond acceptors (Lipinski definition) is 4. The summed E-state index contributed by atoms with van der Waals surface area (Å²) in [5, 5.41) is 0.977. The van der Waals surface area contributed by atoms with Crippen molar-refractivity contribution in [3.63, 3.8) is 0 Å². The van der Waals surface area contributed by atoms with Crippen LogP contribution in [0.25, 0.3) is 22.3 Å². The molecule has 2 atom stereocenters. The minimum absolute atomic E-state index is 0.0147. The molecule has 37 heavy (non-hydrogen) atoms. The monoisotopic (exact) mass is 505 g/mol. The Morgan fingerprint density at radius 1 is 1.22 bits per heavy atom. The Bertz CT molecular complexity index is 1430. The molecule has 2 N–H and O–H groups in total. The van der Waals surface area contributed by atoms with E-state index in [4.69, 9.17) is 15.5 Å². The topological polar surface area (TPSA) is 70.1 Å². The fourth-order valence-electron chi connectivity index (χ4n) is 5.74. The smallest absolute Gasteiger partial charge is 0.258 e. The maximum Gasteiger partial charge on any atom is 0.258 e. The van der Waals surface area contributed by atoms with E-state index in [1.165, 1.54) is 6.07 Å². The van der Waals surface area contributed by atoms with Crippen molar-refractivity contribution in [2.24, 2.45) is 11.7 Å². The van der Waals surface area contributed by atoms with Crippen molar-refractivity contribution in [3.8, 4) is 11.4 Å². The number of pyridine rings is 2. The molecule has 0 saturated heterocycles. The number of nitrogens with two attached hydrogens (primary N) is 1. The Kier molecular flexibility index (Phi) is 7.61. The predicted molar refractivity (Wildman–Crippen MR) is 149 cm³/mol. The van der Waals surface area contributed by atoms with Gasteiger partial charge in [-0.3, -0.25) is 4.79 Å². The zero-order chi connectivity index (χ0) is 27.2. The molecule has 6 rings (SSSR count). The molecule has 0 fully saturated rings. The van der Waals surface area contributed by atoms with Gasteiger partial charge < -0.3 is 15.0 Å². The number of nitrogens with zero attached hydrogens (tertiary/aromatic N) is 2. The first kappa shape index (κ1) is 27.1. The van der Waals surface area contributed by atoms with Gasteiger partial charge >= 0.3 is 0 Å². The number of halogens is 1. The lowest BCUT2D eigenvalue weighted by atomic mass is 9.82. The Balaban J connectivity index is 0.000000490. The van der Waals surface area contributed by atoms with E-state index in [1.54, 1.807) is 4.57 Å². The Hall–Kier alpha value is -2.99. The second-order valence-corrected chi connectivity index (χ2v) is 10.7. The lowest BCUT2D eigenvalue weighted by Gasteiger charge is -2.27. The molecule has 2 aromatic heterocycles. The molecule has 3 aliphatic rings. The van der Waals surface area contributed by atoms with Crippen LogP contribution in [-0.4, -0.2) is 9.55 Å². The molecule has 6 heteroatoms. The van der Waals surface area contributed by atoms with Crippen LogP contribution in [0.1, 0.15) is 99.7 Å². The summed E-state index contributed by atoms with van der Waals surface area (Å²) in [6, 6.07) is 3.43. The highest BCUT2D eigenvalue weighted by molar-refractivity contribution is 5.92. The van der Waals surface area contributed by atoms with Crippen molar-refractivity contribution >= 4 is 10.9 Å². The standard InChI is InChI=1S/C25H24FN3O2.C4H10.C2H6/c1-4-13-12(3)31-10-17-15(13)7-21-24-16(9-29(21)25(17)30)22-19(27)6-5-14-11(2)18(26)8-20(28-24)23(14)22;1-4(2)3;1-2/h7-8,13,19H,3-6,9-10,27H2,1-2H3;4H,1-3H3;1-2H3. The molecule has 2 aliphatic heterocycles. The van der Waals surface area contributed by atoms with Crippen LogP contribution in [0.5, 0.6) is 0 Å². The van der Waals surface area contributed by atoms with Crippen LogP contribution < -0.4 is 11.3 Å². The van der Waals surface area contributed by atoms with Gasteiger partial charge in [-0.25, -0.2) is 9.37 Å². The minimum atomic E-state index is -0.239. The summed E-state index contributed by atoms with van der Waals surface area (Å²) in [5.74, 6) is 1.28. The molecule has 198 valence electrons. The molecular weight excluding hydrogens is 465 g/mol. The molecule has 0 radical (unpaired) electrons. The summed E-state index contributed by atoms with van der Waals surface area (Å²) in [7, 11) is 0. The van der Waals surface area contributed by atoms with Gasteiger partial charge in [0.25, 0.3) is 5.56 Å². The van der Waals surface area contributed by atoms with E-state index in [9.17, 15) is 9.18 Å². The number of benzene rings is 1. The number of allylic oxidation sites excluding steroid dienone is 1. The van der Waals surface area contributed by atoms with E-state index in [0.717, 1.165) is 64.2 Å². The number of aromatic nitrogens is 2. The maximum atomic E-state index is 14.7. The highest BCUT2D eigenvalue weighted by Gasteiger charge is 2.35. The average Bonchev–Trinajstić information content (AvgIpc) is 3.22. The van der Waals surface area contributed by atoms with Crippen molar-refractivity contribution in [3.05, 3.63) is 74.0 Å². The predicted octanol–water partition coefficient (Wildman–Crippen LogP) is 7.04. The van der Waals surface area contributed by atoms with Crippen LogP contribution in [0, 0.1) is 18.7 Å². The third-order valence-electron chi connectivity index (χ3n) is 7.39. The Morgan fingerprint density at radius 3 is 2.54 bits per heavy atom. The largest absolute Gasteiger partial charge is 0.493 e. The van der Waals surface area contributed by atoms with Gasteiger partial charge in [-0.1, -0.05) is 48.1 Å². The second-order valence-electron chi connectivity index (χ2n) is 10.7. The van der Waals surface area contributed by atoms with E-state index >= 15 is 0 Å². The molecular formula is C31H40FN3O2. The molecule has 5 nitrogen and oxygen atoms in total. The first-order valence-corrected chi connectivity index (χ1v) is 13.6. The first-order valence-electron chi connectivity index (χ1n) is 13.6. The summed E-state index contributed by atoms with van der Waals surface area (Å²) in [6.45, 7) is 19.1. The zero-order valence-electron chi connectivity index (χ0n) is 23.3. The van der Waals surface area contributed by atoms with Crippen LogP contribution in [-0.2, 0) is 24.3 Å². The minimum Gasteiger partial charge on any atom is -0.493 e. The van der Waals surface area contributed by atoms with Gasteiger partial charge in [0.15, 0.2) is 0 Å². The fraction of sp³-hybridized carbons (Fsp3) is 0.484. The van der Waals surface area contributed by atoms with Crippen LogP contribution in [0.2, 0.25) is 0 Å². The Morgan fingerprint density at radius 2 is 1.89 bits per heavy atom. The van der Waals surface area contributed by atoms with Crippen LogP contribution in [0.3, 0.4) is 0 Å². The number of ether oxygens (including phenoxy) is 1. The van der Waals surface area contributed by atoms with Crippen LogP contribution in [0.4, 0.5) is 4.39 Å². The molecule has 0 saturated carbocycles. The molecule has 2 unspecified atom stereocenters. The average molecular weight is 506 g/mol. The van der Waals surface area contributed by atoms with Crippen molar-refractivity contribution in [1.82, 2.24) is 9.55 Å². The van der Waals surface area contributed by atoms with E-state index in [1.807, 2.05) is 20.8 Å². The number of hydrogen-bond donors (Lipinski definition) is 1. The van der Waals surface area contributed by atoms with Gasteiger partial charge in [-0.2, -0.15) is 0 Å². The number of rotatable bonds is 1. The van der Waals surface area contributed by atoms with Crippen LogP contribution in [0.15, 0.2) is 29.3 Å². The first-order chi connectivity index (χ1) is 17.6.